The first-order valence-corrected chi connectivity index (χ1v) is 14.0. The van der Waals surface area contributed by atoms with E-state index in [2.05, 4.69) is 42.8 Å². The van der Waals surface area contributed by atoms with Crippen LogP contribution in [0.2, 0.25) is 5.02 Å². The van der Waals surface area contributed by atoms with E-state index in [0.717, 1.165) is 41.5 Å². The average Bonchev–Trinajstić information content (AvgIpc) is 3.56. The molecule has 0 saturated heterocycles. The van der Waals surface area contributed by atoms with Crippen molar-refractivity contribution in [2.24, 2.45) is 0 Å². The number of nitrogens with one attached hydrogen (secondary N) is 3. The van der Waals surface area contributed by atoms with Crippen molar-refractivity contribution >= 4 is 57.8 Å². The molecule has 3 aromatic heterocycles. The number of halogens is 1. The number of likely N-dealkylation sites (N-methyl/N-ethyl adjacent to an activating group) is 1. The number of hydrogen-bond acceptors (Lipinski definition) is 9. The summed E-state index contributed by atoms with van der Waals surface area (Å²) in [4.78, 5) is 54.8. The van der Waals surface area contributed by atoms with Crippen LogP contribution < -0.4 is 16.0 Å². The summed E-state index contributed by atoms with van der Waals surface area (Å²) in [5.41, 5.74) is 0.981. The first-order valence-electron chi connectivity index (χ1n) is 12.0. The lowest BCUT2D eigenvalue weighted by Gasteiger charge is -2.36. The fraction of sp³-hybridized carbons (Fsp3) is 0.417. The standard InChI is InChI=1S/C24H26ClN7O3S2/c1-32-8-6-16-18(12-32)37-24(30-16)22(35)29-17-10-13(23-26-7-9-36-23)2-4-15(17)28-20(33)21(34)31-19-5-3-14(25)11-27-19/h3,5,7,9,11,13,15,17H,2,4,6,8,10,12H2,1H3,(H,28,33)(H,29,35)(H,27,31,34)/t13-,15-,17+/m0/s1. The Hall–Kier alpha value is -2.93. The van der Waals surface area contributed by atoms with E-state index in [4.69, 9.17) is 11.6 Å². The number of amides is 3. The monoisotopic (exact) mass is 559 g/mol. The number of thiazole rings is 2. The molecular weight excluding hydrogens is 534 g/mol. The molecule has 194 valence electrons. The van der Waals surface area contributed by atoms with Gasteiger partial charge < -0.3 is 20.9 Å². The zero-order valence-corrected chi connectivity index (χ0v) is 22.5. The molecule has 3 aromatic rings. The highest BCUT2D eigenvalue weighted by Crippen LogP contribution is 2.34. The van der Waals surface area contributed by atoms with Gasteiger partial charge in [-0.05, 0) is 38.4 Å². The third kappa shape index (κ3) is 6.15. The zero-order valence-electron chi connectivity index (χ0n) is 20.1. The number of fused-ring (bicyclic) bond motifs is 1. The van der Waals surface area contributed by atoms with Crippen LogP contribution in [0.5, 0.6) is 0 Å². The third-order valence-corrected chi connectivity index (χ3v) is 8.82. The molecule has 1 saturated carbocycles. The van der Waals surface area contributed by atoms with Crippen LogP contribution in [0.1, 0.15) is 50.6 Å². The number of anilines is 1. The number of hydrogen-bond donors (Lipinski definition) is 3. The lowest BCUT2D eigenvalue weighted by atomic mass is 9.82. The summed E-state index contributed by atoms with van der Waals surface area (Å²) >= 11 is 8.82. The first kappa shape index (κ1) is 25.7. The maximum Gasteiger partial charge on any atom is 0.314 e. The highest BCUT2D eigenvalue weighted by atomic mass is 35.5. The summed E-state index contributed by atoms with van der Waals surface area (Å²) in [5.74, 6) is -1.51. The summed E-state index contributed by atoms with van der Waals surface area (Å²) in [5, 5.41) is 12.2. The summed E-state index contributed by atoms with van der Waals surface area (Å²) in [6.45, 7) is 1.70. The Morgan fingerprint density at radius 2 is 1.97 bits per heavy atom. The van der Waals surface area contributed by atoms with Gasteiger partial charge in [-0.2, -0.15) is 0 Å². The Labute approximate surface area is 226 Å². The normalized spacial score (nSPS) is 21.6. The third-order valence-electron chi connectivity index (χ3n) is 6.58. The Morgan fingerprint density at radius 1 is 1.11 bits per heavy atom. The van der Waals surface area contributed by atoms with Crippen molar-refractivity contribution in [3.63, 3.8) is 0 Å². The molecule has 5 rings (SSSR count). The lowest BCUT2D eigenvalue weighted by Crippen LogP contribution is -2.56. The molecule has 0 bridgehead atoms. The smallest absolute Gasteiger partial charge is 0.314 e. The lowest BCUT2D eigenvalue weighted by molar-refractivity contribution is -0.136. The summed E-state index contributed by atoms with van der Waals surface area (Å²) in [6, 6.07) is 2.28. The van der Waals surface area contributed by atoms with Gasteiger partial charge in [0.2, 0.25) is 0 Å². The van der Waals surface area contributed by atoms with Gasteiger partial charge in [-0.3, -0.25) is 14.4 Å². The van der Waals surface area contributed by atoms with Crippen LogP contribution >= 0.6 is 34.3 Å². The molecule has 1 aliphatic carbocycles. The minimum Gasteiger partial charge on any atom is -0.345 e. The van der Waals surface area contributed by atoms with Crippen molar-refractivity contribution in [2.45, 2.75) is 50.2 Å². The molecular formula is C24H26ClN7O3S2. The maximum absolute atomic E-state index is 13.2. The predicted octanol–water partition coefficient (Wildman–Crippen LogP) is 2.83. The molecule has 10 nitrogen and oxygen atoms in total. The molecule has 37 heavy (non-hydrogen) atoms. The topological polar surface area (TPSA) is 129 Å². The van der Waals surface area contributed by atoms with Gasteiger partial charge in [0.1, 0.15) is 5.82 Å². The van der Waals surface area contributed by atoms with Crippen LogP contribution in [0, 0.1) is 0 Å². The molecule has 3 N–H and O–H groups in total. The second-order valence-corrected chi connectivity index (χ2v) is 11.7. The highest BCUT2D eigenvalue weighted by molar-refractivity contribution is 7.13. The van der Waals surface area contributed by atoms with Gasteiger partial charge in [0, 0.05) is 54.1 Å². The summed E-state index contributed by atoms with van der Waals surface area (Å²) < 4.78 is 0. The van der Waals surface area contributed by atoms with Crippen molar-refractivity contribution in [3.05, 3.63) is 55.5 Å². The van der Waals surface area contributed by atoms with Crippen LogP contribution in [0.3, 0.4) is 0 Å². The molecule has 13 heteroatoms. The van der Waals surface area contributed by atoms with Crippen molar-refractivity contribution in [1.29, 1.82) is 0 Å². The molecule has 4 heterocycles. The summed E-state index contributed by atoms with van der Waals surface area (Å²) in [6.07, 6.45) is 5.94. The molecule has 0 radical (unpaired) electrons. The Bertz CT molecular complexity index is 1280. The van der Waals surface area contributed by atoms with Gasteiger partial charge in [0.15, 0.2) is 5.01 Å². The number of nitrogens with zero attached hydrogens (tertiary/aromatic N) is 4. The quantitative estimate of drug-likeness (QED) is 0.410. The predicted molar refractivity (Wildman–Crippen MR) is 142 cm³/mol. The van der Waals surface area contributed by atoms with Gasteiger partial charge >= 0.3 is 11.8 Å². The number of rotatable bonds is 5. The second kappa shape index (κ2) is 11.2. The van der Waals surface area contributed by atoms with E-state index >= 15 is 0 Å². The van der Waals surface area contributed by atoms with Gasteiger partial charge in [-0.1, -0.05) is 11.6 Å². The van der Waals surface area contributed by atoms with E-state index in [1.54, 1.807) is 23.6 Å². The van der Waals surface area contributed by atoms with Crippen molar-refractivity contribution in [2.75, 3.05) is 18.9 Å². The fourth-order valence-electron chi connectivity index (χ4n) is 4.67. The van der Waals surface area contributed by atoms with Crippen molar-refractivity contribution < 1.29 is 14.4 Å². The minimum absolute atomic E-state index is 0.156. The minimum atomic E-state index is -0.835. The van der Waals surface area contributed by atoms with E-state index < -0.39 is 17.9 Å². The number of pyridine rings is 1. The van der Waals surface area contributed by atoms with Crippen LogP contribution in [-0.2, 0) is 22.6 Å². The Morgan fingerprint density at radius 3 is 2.73 bits per heavy atom. The Balaban J connectivity index is 1.28. The highest BCUT2D eigenvalue weighted by Gasteiger charge is 2.36. The average molecular weight is 560 g/mol. The van der Waals surface area contributed by atoms with Crippen LogP contribution in [0.15, 0.2) is 29.9 Å². The number of aromatic nitrogens is 3. The van der Waals surface area contributed by atoms with Crippen LogP contribution in [-0.4, -0.2) is 63.2 Å². The fourth-order valence-corrected chi connectivity index (χ4v) is 6.66. The Kier molecular flexibility index (Phi) is 7.79. The molecule has 2 aliphatic rings. The van der Waals surface area contributed by atoms with Gasteiger partial charge in [0.05, 0.1) is 21.8 Å². The molecule has 3 atom stereocenters. The zero-order chi connectivity index (χ0) is 25.9. The van der Waals surface area contributed by atoms with E-state index in [1.165, 1.54) is 23.6 Å². The molecule has 0 unspecified atom stereocenters. The van der Waals surface area contributed by atoms with Gasteiger partial charge in [-0.15, -0.1) is 22.7 Å². The van der Waals surface area contributed by atoms with Crippen molar-refractivity contribution in [1.82, 2.24) is 30.5 Å². The van der Waals surface area contributed by atoms with Crippen LogP contribution in [0.25, 0.3) is 0 Å². The molecule has 1 fully saturated rings. The SMILES string of the molecule is CN1CCc2nc(C(=O)N[C@@H]3C[C@@H](c4nccs4)CC[C@@H]3NC(=O)C(=O)Nc3ccc(Cl)cn3)sc2C1. The van der Waals surface area contributed by atoms with E-state index in [0.29, 0.717) is 22.9 Å². The van der Waals surface area contributed by atoms with Gasteiger partial charge in [0.25, 0.3) is 5.91 Å². The van der Waals surface area contributed by atoms with Gasteiger partial charge in [-0.25, -0.2) is 15.0 Å². The first-order chi connectivity index (χ1) is 17.9. The largest absolute Gasteiger partial charge is 0.345 e. The number of carbonyl (C=O) groups excluding carboxylic acids is 3. The summed E-state index contributed by atoms with van der Waals surface area (Å²) in [7, 11) is 2.05. The second-order valence-electron chi connectivity index (χ2n) is 9.23. The molecule has 0 spiro atoms. The molecule has 3 amide bonds. The molecule has 1 aliphatic heterocycles. The molecule has 0 aromatic carbocycles. The van der Waals surface area contributed by atoms with Crippen LogP contribution in [0.4, 0.5) is 5.82 Å². The maximum atomic E-state index is 13.2. The number of carbonyl (C=O) groups is 3. The van der Waals surface area contributed by atoms with Crippen molar-refractivity contribution in [3.8, 4) is 0 Å². The van der Waals surface area contributed by atoms with E-state index in [1.807, 2.05) is 5.38 Å². The van der Waals surface area contributed by atoms with E-state index in [9.17, 15) is 14.4 Å². The van der Waals surface area contributed by atoms with E-state index in [-0.39, 0.29) is 23.7 Å².